The maximum absolute atomic E-state index is 10.8. The van der Waals surface area contributed by atoms with E-state index in [-0.39, 0.29) is 5.97 Å². The van der Waals surface area contributed by atoms with E-state index in [0.717, 1.165) is 5.57 Å². The summed E-state index contributed by atoms with van der Waals surface area (Å²) in [7, 11) is 0. The van der Waals surface area contributed by atoms with Gasteiger partial charge in [-0.2, -0.15) is 0 Å². The minimum Gasteiger partial charge on any atom is -0.501 e. The zero-order chi connectivity index (χ0) is 10.1. The Labute approximate surface area is 79.0 Å². The van der Waals surface area contributed by atoms with Crippen molar-refractivity contribution >= 4 is 5.97 Å². The molecule has 3 nitrogen and oxygen atoms in total. The van der Waals surface area contributed by atoms with E-state index < -0.39 is 0 Å². The van der Waals surface area contributed by atoms with Gasteiger partial charge in [-0.1, -0.05) is 0 Å². The van der Waals surface area contributed by atoms with E-state index in [1.165, 1.54) is 6.08 Å². The number of carbonyl (C=O) groups excluding carboxylic acids is 1. The summed E-state index contributed by atoms with van der Waals surface area (Å²) in [6.07, 6.45) is 4.65. The number of ether oxygens (including phenoxy) is 2. The zero-order valence-corrected chi connectivity index (χ0v) is 8.37. The van der Waals surface area contributed by atoms with Crippen molar-refractivity contribution in [3.8, 4) is 0 Å². The van der Waals surface area contributed by atoms with Crippen LogP contribution in [0.1, 0.15) is 20.8 Å². The number of hydrogen-bond acceptors (Lipinski definition) is 3. The third-order valence-corrected chi connectivity index (χ3v) is 1.20. The zero-order valence-electron chi connectivity index (χ0n) is 8.37. The lowest BCUT2D eigenvalue weighted by atomic mass is 10.3. The van der Waals surface area contributed by atoms with Gasteiger partial charge in [-0.25, -0.2) is 4.79 Å². The molecule has 0 unspecified atom stereocenters. The van der Waals surface area contributed by atoms with Crippen molar-refractivity contribution in [3.63, 3.8) is 0 Å². The van der Waals surface area contributed by atoms with E-state index in [4.69, 9.17) is 9.47 Å². The SMILES string of the molecule is CCO/C=C(C)/C=C/C(=O)OCC. The quantitative estimate of drug-likeness (QED) is 0.284. The van der Waals surface area contributed by atoms with Crippen LogP contribution in [-0.2, 0) is 14.3 Å². The first-order valence-corrected chi connectivity index (χ1v) is 4.33. The smallest absolute Gasteiger partial charge is 0.330 e. The first-order chi connectivity index (χ1) is 6.20. The van der Waals surface area contributed by atoms with Crippen molar-refractivity contribution in [1.82, 2.24) is 0 Å². The molecule has 74 valence electrons. The molecule has 13 heavy (non-hydrogen) atoms. The van der Waals surface area contributed by atoms with Gasteiger partial charge in [-0.15, -0.1) is 0 Å². The van der Waals surface area contributed by atoms with Crippen molar-refractivity contribution in [2.45, 2.75) is 20.8 Å². The van der Waals surface area contributed by atoms with Crippen LogP contribution in [0.15, 0.2) is 24.0 Å². The molecule has 0 aliphatic carbocycles. The van der Waals surface area contributed by atoms with Gasteiger partial charge in [0.05, 0.1) is 19.5 Å². The van der Waals surface area contributed by atoms with E-state index in [1.807, 2.05) is 13.8 Å². The Balaban J connectivity index is 3.88. The summed E-state index contributed by atoms with van der Waals surface area (Å²) in [6.45, 7) is 6.56. The molecule has 0 aromatic rings. The minimum atomic E-state index is -0.327. The summed E-state index contributed by atoms with van der Waals surface area (Å²) in [4.78, 5) is 10.8. The molecule has 0 atom stereocenters. The van der Waals surface area contributed by atoms with Crippen molar-refractivity contribution in [3.05, 3.63) is 24.0 Å². The Hall–Kier alpha value is -1.25. The van der Waals surface area contributed by atoms with Crippen molar-refractivity contribution in [2.75, 3.05) is 13.2 Å². The third-order valence-electron chi connectivity index (χ3n) is 1.20. The summed E-state index contributed by atoms with van der Waals surface area (Å²) in [5.74, 6) is -0.327. The third kappa shape index (κ3) is 7.12. The Morgan fingerprint density at radius 3 is 2.46 bits per heavy atom. The first kappa shape index (κ1) is 11.8. The molecule has 0 aliphatic rings. The maximum Gasteiger partial charge on any atom is 0.330 e. The maximum atomic E-state index is 10.8. The number of carbonyl (C=O) groups is 1. The second-order valence-electron chi connectivity index (χ2n) is 2.40. The monoisotopic (exact) mass is 184 g/mol. The molecule has 0 N–H and O–H groups in total. The van der Waals surface area contributed by atoms with Crippen molar-refractivity contribution in [1.29, 1.82) is 0 Å². The summed E-state index contributed by atoms with van der Waals surface area (Å²) in [6, 6.07) is 0. The molecular weight excluding hydrogens is 168 g/mol. The number of hydrogen-bond donors (Lipinski definition) is 0. The molecule has 3 heteroatoms. The normalized spacial score (nSPS) is 11.8. The topological polar surface area (TPSA) is 35.5 Å². The first-order valence-electron chi connectivity index (χ1n) is 4.33. The van der Waals surface area contributed by atoms with Gasteiger partial charge in [-0.3, -0.25) is 0 Å². The number of esters is 1. The van der Waals surface area contributed by atoms with Crippen LogP contribution in [-0.4, -0.2) is 19.2 Å². The Kier molecular flexibility index (Phi) is 6.69. The lowest BCUT2D eigenvalue weighted by Gasteiger charge is -1.96. The van der Waals surface area contributed by atoms with E-state index in [9.17, 15) is 4.79 Å². The second kappa shape index (κ2) is 7.40. The molecule has 0 radical (unpaired) electrons. The van der Waals surface area contributed by atoms with Gasteiger partial charge in [-0.05, 0) is 32.4 Å². The van der Waals surface area contributed by atoms with Gasteiger partial charge in [0.2, 0.25) is 0 Å². The number of rotatable bonds is 5. The van der Waals surface area contributed by atoms with Gasteiger partial charge in [0.25, 0.3) is 0 Å². The molecule has 0 spiro atoms. The fourth-order valence-electron chi connectivity index (χ4n) is 0.644. The summed E-state index contributed by atoms with van der Waals surface area (Å²) in [5, 5.41) is 0. The molecule has 0 fully saturated rings. The van der Waals surface area contributed by atoms with Gasteiger partial charge >= 0.3 is 5.97 Å². The predicted octanol–water partition coefficient (Wildman–Crippen LogP) is 2.05. The van der Waals surface area contributed by atoms with Crippen molar-refractivity contribution in [2.24, 2.45) is 0 Å². The summed E-state index contributed by atoms with van der Waals surface area (Å²) in [5.41, 5.74) is 0.884. The molecule has 0 bridgehead atoms. The van der Waals surface area contributed by atoms with Crippen LogP contribution >= 0.6 is 0 Å². The van der Waals surface area contributed by atoms with Crippen LogP contribution in [0.25, 0.3) is 0 Å². The lowest BCUT2D eigenvalue weighted by molar-refractivity contribution is -0.137. The molecule has 0 rings (SSSR count). The molecule has 0 saturated carbocycles. The van der Waals surface area contributed by atoms with Crippen LogP contribution in [0.3, 0.4) is 0 Å². The molecule has 0 saturated heterocycles. The highest BCUT2D eigenvalue weighted by Crippen LogP contribution is 1.95. The average Bonchev–Trinajstić information content (AvgIpc) is 2.12. The van der Waals surface area contributed by atoms with Gasteiger partial charge < -0.3 is 9.47 Å². The standard InChI is InChI=1S/C10H16O3/c1-4-12-8-9(3)6-7-10(11)13-5-2/h6-8H,4-5H2,1-3H3/b7-6+,9-8+. The van der Waals surface area contributed by atoms with Crippen LogP contribution in [0.5, 0.6) is 0 Å². The Bertz CT molecular complexity index is 204. The minimum absolute atomic E-state index is 0.327. The highest BCUT2D eigenvalue weighted by atomic mass is 16.5. The fraction of sp³-hybridized carbons (Fsp3) is 0.500. The lowest BCUT2D eigenvalue weighted by Crippen LogP contribution is -1.98. The molecule has 0 aromatic carbocycles. The van der Waals surface area contributed by atoms with Crippen molar-refractivity contribution < 1.29 is 14.3 Å². The fourth-order valence-corrected chi connectivity index (χ4v) is 0.644. The van der Waals surface area contributed by atoms with Crippen LogP contribution in [0, 0.1) is 0 Å². The van der Waals surface area contributed by atoms with Crippen LogP contribution in [0.4, 0.5) is 0 Å². The van der Waals surface area contributed by atoms with Crippen LogP contribution < -0.4 is 0 Å². The van der Waals surface area contributed by atoms with Gasteiger partial charge in [0.1, 0.15) is 0 Å². The highest BCUT2D eigenvalue weighted by Gasteiger charge is 1.92. The summed E-state index contributed by atoms with van der Waals surface area (Å²) < 4.78 is 9.73. The Morgan fingerprint density at radius 2 is 1.92 bits per heavy atom. The van der Waals surface area contributed by atoms with E-state index in [1.54, 1.807) is 19.3 Å². The van der Waals surface area contributed by atoms with Gasteiger partial charge in [0, 0.05) is 6.08 Å². The molecule has 0 aromatic heterocycles. The van der Waals surface area contributed by atoms with Crippen LogP contribution in [0.2, 0.25) is 0 Å². The van der Waals surface area contributed by atoms with E-state index in [0.29, 0.717) is 13.2 Å². The van der Waals surface area contributed by atoms with Gasteiger partial charge in [0.15, 0.2) is 0 Å². The number of allylic oxidation sites excluding steroid dienone is 2. The van der Waals surface area contributed by atoms with E-state index >= 15 is 0 Å². The molecule has 0 aliphatic heterocycles. The average molecular weight is 184 g/mol. The molecule has 0 heterocycles. The molecular formula is C10H16O3. The highest BCUT2D eigenvalue weighted by molar-refractivity contribution is 5.82. The summed E-state index contributed by atoms with van der Waals surface area (Å²) >= 11 is 0. The largest absolute Gasteiger partial charge is 0.501 e. The van der Waals surface area contributed by atoms with E-state index in [2.05, 4.69) is 0 Å². The molecule has 0 amide bonds. The predicted molar refractivity (Wildman–Crippen MR) is 51.2 cm³/mol. The second-order valence-corrected chi connectivity index (χ2v) is 2.40. The Morgan fingerprint density at radius 1 is 1.23 bits per heavy atom.